The Balaban J connectivity index is 2.98. The van der Waals surface area contributed by atoms with Crippen LogP contribution in [0.4, 0.5) is 4.39 Å². The standard InChI is InChI=1S/C7H4ClFN2/c8-6-2-1-5(3-4-10)11-7(6)9/h1-2H,3H2. The molecule has 0 radical (unpaired) electrons. The Labute approximate surface area is 68.2 Å². The molecule has 4 heteroatoms. The number of halogens is 2. The molecule has 0 N–H and O–H groups in total. The third kappa shape index (κ3) is 1.89. The largest absolute Gasteiger partial charge is 0.231 e. The Morgan fingerprint density at radius 3 is 2.91 bits per heavy atom. The van der Waals surface area contributed by atoms with Crippen molar-refractivity contribution in [3.05, 3.63) is 28.8 Å². The summed E-state index contributed by atoms with van der Waals surface area (Å²) in [6.45, 7) is 0. The number of rotatable bonds is 1. The second-order valence-electron chi connectivity index (χ2n) is 1.91. The van der Waals surface area contributed by atoms with Crippen molar-refractivity contribution < 1.29 is 4.39 Å². The van der Waals surface area contributed by atoms with Crippen molar-refractivity contribution in [2.75, 3.05) is 0 Å². The Morgan fingerprint density at radius 2 is 2.36 bits per heavy atom. The van der Waals surface area contributed by atoms with Gasteiger partial charge < -0.3 is 0 Å². The number of pyridine rings is 1. The molecule has 0 aromatic carbocycles. The first kappa shape index (κ1) is 7.96. The van der Waals surface area contributed by atoms with Crippen LogP contribution < -0.4 is 0 Å². The summed E-state index contributed by atoms with van der Waals surface area (Å²) in [6, 6.07) is 4.77. The minimum atomic E-state index is -0.723. The van der Waals surface area contributed by atoms with Crippen LogP contribution in [-0.4, -0.2) is 4.98 Å². The lowest BCUT2D eigenvalue weighted by Gasteiger charge is -1.94. The fourth-order valence-corrected chi connectivity index (χ4v) is 0.740. The average Bonchev–Trinajstić information content (AvgIpc) is 1.98. The summed E-state index contributed by atoms with van der Waals surface area (Å²) in [5, 5.41) is 8.21. The van der Waals surface area contributed by atoms with Crippen molar-refractivity contribution >= 4 is 11.6 Å². The van der Waals surface area contributed by atoms with Gasteiger partial charge in [-0.2, -0.15) is 9.65 Å². The van der Waals surface area contributed by atoms with Gasteiger partial charge in [-0.1, -0.05) is 11.6 Å². The van der Waals surface area contributed by atoms with Crippen LogP contribution in [0.25, 0.3) is 0 Å². The van der Waals surface area contributed by atoms with E-state index in [2.05, 4.69) is 4.98 Å². The zero-order chi connectivity index (χ0) is 8.27. The number of nitrogens with zero attached hydrogens (tertiary/aromatic N) is 2. The molecule has 0 aliphatic carbocycles. The molecule has 1 aromatic heterocycles. The molecule has 0 unspecified atom stereocenters. The van der Waals surface area contributed by atoms with Crippen LogP contribution in [0, 0.1) is 17.3 Å². The molecule has 0 fully saturated rings. The van der Waals surface area contributed by atoms with E-state index in [4.69, 9.17) is 16.9 Å². The molecular formula is C7H4ClFN2. The van der Waals surface area contributed by atoms with E-state index < -0.39 is 5.95 Å². The Kier molecular flexibility index (Phi) is 2.40. The predicted molar refractivity (Wildman–Crippen MR) is 38.5 cm³/mol. The molecule has 0 amide bonds. The molecule has 1 aromatic rings. The van der Waals surface area contributed by atoms with E-state index in [0.717, 1.165) is 0 Å². The maximum Gasteiger partial charge on any atom is 0.231 e. The third-order valence-corrected chi connectivity index (χ3v) is 1.40. The Morgan fingerprint density at radius 1 is 1.64 bits per heavy atom. The van der Waals surface area contributed by atoms with Crippen LogP contribution in [0.5, 0.6) is 0 Å². The summed E-state index contributed by atoms with van der Waals surface area (Å²) in [6.07, 6.45) is 0.105. The SMILES string of the molecule is N#CCc1ccc(Cl)c(F)n1. The summed E-state index contributed by atoms with van der Waals surface area (Å²) in [5.74, 6) is -0.723. The maximum atomic E-state index is 12.6. The molecule has 1 rings (SSSR count). The molecule has 0 atom stereocenters. The fourth-order valence-electron chi connectivity index (χ4n) is 0.634. The lowest BCUT2D eigenvalue weighted by molar-refractivity contribution is 0.579. The fraction of sp³-hybridized carbons (Fsp3) is 0.143. The molecule has 0 saturated heterocycles. The molecule has 0 bridgehead atoms. The highest BCUT2D eigenvalue weighted by atomic mass is 35.5. The zero-order valence-corrected chi connectivity index (χ0v) is 6.27. The van der Waals surface area contributed by atoms with Gasteiger partial charge in [0.15, 0.2) is 0 Å². The van der Waals surface area contributed by atoms with E-state index >= 15 is 0 Å². The summed E-state index contributed by atoms with van der Waals surface area (Å²) < 4.78 is 12.6. The van der Waals surface area contributed by atoms with Gasteiger partial charge >= 0.3 is 0 Å². The lowest BCUT2D eigenvalue weighted by atomic mass is 10.3. The van der Waals surface area contributed by atoms with Crippen LogP contribution in [0.15, 0.2) is 12.1 Å². The Bertz CT molecular complexity index is 306. The third-order valence-electron chi connectivity index (χ3n) is 1.12. The number of nitriles is 1. The maximum absolute atomic E-state index is 12.6. The molecule has 0 aliphatic heterocycles. The second kappa shape index (κ2) is 3.31. The van der Waals surface area contributed by atoms with Gasteiger partial charge in [0.2, 0.25) is 5.95 Å². The quantitative estimate of drug-likeness (QED) is 0.604. The van der Waals surface area contributed by atoms with Crippen molar-refractivity contribution in [3.63, 3.8) is 0 Å². The van der Waals surface area contributed by atoms with Gasteiger partial charge in [-0.3, -0.25) is 0 Å². The average molecular weight is 171 g/mol. The van der Waals surface area contributed by atoms with Crippen LogP contribution in [0.1, 0.15) is 5.69 Å². The van der Waals surface area contributed by atoms with E-state index in [1.807, 2.05) is 6.07 Å². The first-order valence-corrected chi connectivity index (χ1v) is 3.29. The molecule has 2 nitrogen and oxygen atoms in total. The monoisotopic (exact) mass is 170 g/mol. The summed E-state index contributed by atoms with van der Waals surface area (Å²) in [4.78, 5) is 3.44. The van der Waals surface area contributed by atoms with E-state index in [1.165, 1.54) is 12.1 Å². The summed E-state index contributed by atoms with van der Waals surface area (Å²) >= 11 is 5.36. The molecule has 56 valence electrons. The number of hydrogen-bond acceptors (Lipinski definition) is 2. The van der Waals surface area contributed by atoms with Gasteiger partial charge in [0.1, 0.15) is 0 Å². The number of hydrogen-bond donors (Lipinski definition) is 0. The first-order valence-electron chi connectivity index (χ1n) is 2.92. The van der Waals surface area contributed by atoms with Gasteiger partial charge in [-0.05, 0) is 12.1 Å². The topological polar surface area (TPSA) is 36.7 Å². The predicted octanol–water partition coefficient (Wildman–Crippen LogP) is 1.94. The first-order chi connectivity index (χ1) is 5.24. The molecule has 1 heterocycles. The molecule has 0 saturated carbocycles. The van der Waals surface area contributed by atoms with Gasteiger partial charge in [0.25, 0.3) is 0 Å². The summed E-state index contributed by atoms with van der Waals surface area (Å²) in [5.41, 5.74) is 0.398. The van der Waals surface area contributed by atoms with E-state index in [1.54, 1.807) is 0 Å². The lowest BCUT2D eigenvalue weighted by Crippen LogP contribution is -1.91. The van der Waals surface area contributed by atoms with Crippen molar-refractivity contribution in [1.29, 1.82) is 5.26 Å². The van der Waals surface area contributed by atoms with Crippen molar-refractivity contribution in [1.82, 2.24) is 4.98 Å². The van der Waals surface area contributed by atoms with Gasteiger partial charge in [-0.15, -0.1) is 0 Å². The van der Waals surface area contributed by atoms with Crippen molar-refractivity contribution in [2.24, 2.45) is 0 Å². The van der Waals surface area contributed by atoms with E-state index in [-0.39, 0.29) is 11.4 Å². The highest BCUT2D eigenvalue weighted by Crippen LogP contribution is 2.11. The highest BCUT2D eigenvalue weighted by Gasteiger charge is 2.01. The van der Waals surface area contributed by atoms with Crippen molar-refractivity contribution in [3.8, 4) is 6.07 Å². The minimum Gasteiger partial charge on any atom is -0.222 e. The van der Waals surface area contributed by atoms with Gasteiger partial charge in [0.05, 0.1) is 23.2 Å². The molecular weight excluding hydrogens is 167 g/mol. The minimum absolute atomic E-state index is 0.0216. The van der Waals surface area contributed by atoms with Crippen LogP contribution >= 0.6 is 11.6 Å². The number of aromatic nitrogens is 1. The highest BCUT2D eigenvalue weighted by molar-refractivity contribution is 6.30. The van der Waals surface area contributed by atoms with Gasteiger partial charge in [0, 0.05) is 0 Å². The van der Waals surface area contributed by atoms with Crippen LogP contribution in [0.2, 0.25) is 5.02 Å². The van der Waals surface area contributed by atoms with Crippen molar-refractivity contribution in [2.45, 2.75) is 6.42 Å². The zero-order valence-electron chi connectivity index (χ0n) is 5.51. The normalized spacial score (nSPS) is 9.18. The van der Waals surface area contributed by atoms with Gasteiger partial charge in [-0.25, -0.2) is 4.98 Å². The molecule has 0 spiro atoms. The smallest absolute Gasteiger partial charge is 0.222 e. The van der Waals surface area contributed by atoms with E-state index in [9.17, 15) is 4.39 Å². The molecule has 0 aliphatic rings. The van der Waals surface area contributed by atoms with Crippen LogP contribution in [-0.2, 0) is 6.42 Å². The van der Waals surface area contributed by atoms with Crippen LogP contribution in [0.3, 0.4) is 0 Å². The molecule has 11 heavy (non-hydrogen) atoms. The summed E-state index contributed by atoms with van der Waals surface area (Å²) in [7, 11) is 0. The Hall–Kier alpha value is -1.14. The second-order valence-corrected chi connectivity index (χ2v) is 2.32. The van der Waals surface area contributed by atoms with E-state index in [0.29, 0.717) is 5.69 Å².